The first-order valence-electron chi connectivity index (χ1n) is 9.36. The largest absolute Gasteiger partial charge is 0.495 e. The van der Waals surface area contributed by atoms with E-state index in [1.807, 2.05) is 0 Å². The first-order chi connectivity index (χ1) is 12.3. The van der Waals surface area contributed by atoms with Crippen molar-refractivity contribution in [2.45, 2.75) is 57.7 Å². The smallest absolute Gasteiger partial charge is 0.468 e. The molecule has 0 atom stereocenters. The molecule has 0 N–H and O–H groups in total. The van der Waals surface area contributed by atoms with Crippen LogP contribution in [0.5, 0.6) is 5.75 Å². The van der Waals surface area contributed by atoms with E-state index in [0.29, 0.717) is 5.92 Å². The molecule has 26 heavy (non-hydrogen) atoms. The summed E-state index contributed by atoms with van der Waals surface area (Å²) in [6.45, 7) is 8.56. The fourth-order valence-electron chi connectivity index (χ4n) is 3.56. The minimum absolute atomic E-state index is 0.219. The molecule has 1 heterocycles. The molecule has 4 rings (SSSR count). The maximum Gasteiger partial charge on any atom is 0.495 e. The van der Waals surface area contributed by atoms with Gasteiger partial charge in [0.1, 0.15) is 5.75 Å². The second-order valence-corrected chi connectivity index (χ2v) is 8.37. The third-order valence-corrected chi connectivity index (χ3v) is 5.88. The standard InChI is InChI=1S/C21H27BO4/c1-20(2)21(3,4)26-22(25-20)18-12-16(24-13-23-5)11-15-7-6-8-17(19(15)18)14-9-10-14/h6-8,11-12,14H,9-10,13H2,1-5H3. The Labute approximate surface area is 155 Å². The normalized spacial score (nSPS) is 21.3. The number of fused-ring (bicyclic) bond motifs is 1. The third kappa shape index (κ3) is 3.02. The van der Waals surface area contributed by atoms with Crippen molar-refractivity contribution in [1.82, 2.24) is 0 Å². The quantitative estimate of drug-likeness (QED) is 0.601. The van der Waals surface area contributed by atoms with Gasteiger partial charge in [0.25, 0.3) is 0 Å². The zero-order chi connectivity index (χ0) is 18.5. The first-order valence-corrected chi connectivity index (χ1v) is 9.36. The van der Waals surface area contributed by atoms with Crippen molar-refractivity contribution in [2.75, 3.05) is 13.9 Å². The fraction of sp³-hybridized carbons (Fsp3) is 0.524. The average molecular weight is 354 g/mol. The summed E-state index contributed by atoms with van der Waals surface area (Å²) in [6.07, 6.45) is 2.51. The van der Waals surface area contributed by atoms with Crippen LogP contribution in [0.4, 0.5) is 0 Å². The summed E-state index contributed by atoms with van der Waals surface area (Å²) in [5, 5.41) is 2.41. The first kappa shape index (κ1) is 17.8. The lowest BCUT2D eigenvalue weighted by Crippen LogP contribution is -2.41. The minimum Gasteiger partial charge on any atom is -0.468 e. The molecular formula is C21H27BO4. The molecule has 1 saturated carbocycles. The topological polar surface area (TPSA) is 36.9 Å². The van der Waals surface area contributed by atoms with Gasteiger partial charge < -0.3 is 18.8 Å². The van der Waals surface area contributed by atoms with Crippen molar-refractivity contribution >= 4 is 23.4 Å². The van der Waals surface area contributed by atoms with Gasteiger partial charge in [-0.3, -0.25) is 0 Å². The van der Waals surface area contributed by atoms with Gasteiger partial charge in [-0.15, -0.1) is 0 Å². The average Bonchev–Trinajstić information content (AvgIpc) is 3.39. The highest BCUT2D eigenvalue weighted by molar-refractivity contribution is 6.65. The van der Waals surface area contributed by atoms with Crippen LogP contribution >= 0.6 is 0 Å². The Balaban J connectivity index is 1.85. The Morgan fingerprint density at radius 3 is 2.38 bits per heavy atom. The summed E-state index contributed by atoms with van der Waals surface area (Å²) < 4.78 is 23.6. The summed E-state index contributed by atoms with van der Waals surface area (Å²) in [6, 6.07) is 10.6. The Morgan fingerprint density at radius 2 is 1.77 bits per heavy atom. The van der Waals surface area contributed by atoms with Crippen LogP contribution in [-0.2, 0) is 14.0 Å². The van der Waals surface area contributed by atoms with E-state index in [4.69, 9.17) is 18.8 Å². The van der Waals surface area contributed by atoms with Crippen LogP contribution in [0.1, 0.15) is 52.0 Å². The van der Waals surface area contributed by atoms with Gasteiger partial charge in [-0.25, -0.2) is 0 Å². The van der Waals surface area contributed by atoms with E-state index in [1.165, 1.54) is 23.8 Å². The van der Waals surface area contributed by atoms with Gasteiger partial charge in [-0.2, -0.15) is 0 Å². The number of hydrogen-bond donors (Lipinski definition) is 0. The molecule has 0 radical (unpaired) electrons. The van der Waals surface area contributed by atoms with Gasteiger partial charge in [0.2, 0.25) is 0 Å². The Kier molecular flexibility index (Phi) is 4.29. The van der Waals surface area contributed by atoms with Gasteiger partial charge in [0.15, 0.2) is 6.79 Å². The summed E-state index contributed by atoms with van der Waals surface area (Å²) in [5.74, 6) is 1.42. The molecule has 5 heteroatoms. The number of ether oxygens (including phenoxy) is 2. The van der Waals surface area contributed by atoms with E-state index in [1.54, 1.807) is 7.11 Å². The van der Waals surface area contributed by atoms with Crippen LogP contribution in [0.2, 0.25) is 0 Å². The van der Waals surface area contributed by atoms with Crippen LogP contribution in [0, 0.1) is 0 Å². The van der Waals surface area contributed by atoms with Crippen LogP contribution in [0.3, 0.4) is 0 Å². The van der Waals surface area contributed by atoms with Crippen molar-refractivity contribution < 1.29 is 18.8 Å². The predicted molar refractivity (Wildman–Crippen MR) is 104 cm³/mol. The molecule has 2 fully saturated rings. The second-order valence-electron chi connectivity index (χ2n) is 8.37. The Hall–Kier alpha value is -1.56. The molecule has 1 aliphatic heterocycles. The molecule has 0 unspecified atom stereocenters. The van der Waals surface area contributed by atoms with E-state index in [-0.39, 0.29) is 18.0 Å². The van der Waals surface area contributed by atoms with Crippen molar-refractivity contribution in [3.63, 3.8) is 0 Å². The fourth-order valence-corrected chi connectivity index (χ4v) is 3.56. The maximum atomic E-state index is 6.36. The zero-order valence-corrected chi connectivity index (χ0v) is 16.3. The number of hydrogen-bond acceptors (Lipinski definition) is 4. The van der Waals surface area contributed by atoms with Crippen molar-refractivity contribution in [1.29, 1.82) is 0 Å². The number of rotatable bonds is 5. The second kappa shape index (κ2) is 6.26. The highest BCUT2D eigenvalue weighted by atomic mass is 16.7. The lowest BCUT2D eigenvalue weighted by Gasteiger charge is -2.32. The summed E-state index contributed by atoms with van der Waals surface area (Å²) in [4.78, 5) is 0. The SMILES string of the molecule is COCOc1cc(B2OC(C)(C)C(C)(C)O2)c2c(C3CC3)cccc2c1. The summed E-state index contributed by atoms with van der Waals surface area (Å²) in [7, 11) is 1.22. The Bertz CT molecular complexity index is 810. The minimum atomic E-state index is -0.409. The van der Waals surface area contributed by atoms with Gasteiger partial charge in [0.05, 0.1) is 11.2 Å². The van der Waals surface area contributed by atoms with Gasteiger partial charge in [-0.1, -0.05) is 18.2 Å². The van der Waals surface area contributed by atoms with Crippen molar-refractivity contribution in [2.24, 2.45) is 0 Å². The van der Waals surface area contributed by atoms with E-state index < -0.39 is 7.12 Å². The van der Waals surface area contributed by atoms with Crippen LogP contribution < -0.4 is 10.2 Å². The number of benzene rings is 2. The summed E-state index contributed by atoms with van der Waals surface area (Å²) in [5.41, 5.74) is 1.70. The van der Waals surface area contributed by atoms with E-state index >= 15 is 0 Å². The predicted octanol–water partition coefficient (Wildman–Crippen LogP) is 4.00. The molecule has 138 valence electrons. The van der Waals surface area contributed by atoms with E-state index in [2.05, 4.69) is 58.0 Å². The molecule has 1 aliphatic carbocycles. The molecule has 2 aliphatic rings. The molecule has 1 saturated heterocycles. The van der Waals surface area contributed by atoms with E-state index in [0.717, 1.165) is 16.6 Å². The van der Waals surface area contributed by atoms with Crippen molar-refractivity contribution in [3.05, 3.63) is 35.9 Å². The van der Waals surface area contributed by atoms with Gasteiger partial charge in [-0.05, 0) is 80.4 Å². The van der Waals surface area contributed by atoms with Gasteiger partial charge >= 0.3 is 7.12 Å². The van der Waals surface area contributed by atoms with Gasteiger partial charge in [0, 0.05) is 7.11 Å². The molecule has 0 aromatic heterocycles. The Morgan fingerprint density at radius 1 is 1.08 bits per heavy atom. The third-order valence-electron chi connectivity index (χ3n) is 5.88. The summed E-state index contributed by atoms with van der Waals surface area (Å²) >= 11 is 0. The molecule has 2 aromatic rings. The monoisotopic (exact) mass is 354 g/mol. The number of methoxy groups -OCH3 is 1. The molecular weight excluding hydrogens is 327 g/mol. The highest BCUT2D eigenvalue weighted by Gasteiger charge is 2.52. The zero-order valence-electron chi connectivity index (χ0n) is 16.3. The maximum absolute atomic E-state index is 6.36. The van der Waals surface area contributed by atoms with E-state index in [9.17, 15) is 0 Å². The molecule has 0 amide bonds. The lowest BCUT2D eigenvalue weighted by molar-refractivity contribution is 0.00578. The lowest BCUT2D eigenvalue weighted by atomic mass is 9.74. The molecule has 4 nitrogen and oxygen atoms in total. The van der Waals surface area contributed by atoms with Crippen LogP contribution in [-0.4, -0.2) is 32.2 Å². The van der Waals surface area contributed by atoms with Crippen LogP contribution in [0.25, 0.3) is 10.8 Å². The van der Waals surface area contributed by atoms with Crippen LogP contribution in [0.15, 0.2) is 30.3 Å². The molecule has 0 spiro atoms. The molecule has 2 aromatic carbocycles. The molecule has 0 bridgehead atoms. The van der Waals surface area contributed by atoms with Crippen molar-refractivity contribution in [3.8, 4) is 5.75 Å². The highest BCUT2D eigenvalue weighted by Crippen LogP contribution is 2.44.